The highest BCUT2D eigenvalue weighted by Crippen LogP contribution is 2.26. The molecule has 0 aromatic rings. The van der Waals surface area contributed by atoms with E-state index in [1.807, 2.05) is 0 Å². The lowest BCUT2D eigenvalue weighted by molar-refractivity contribution is -0.132. The second-order valence-corrected chi connectivity index (χ2v) is 4.80. The number of aliphatic hydroxyl groups is 1. The van der Waals surface area contributed by atoms with Crippen molar-refractivity contribution < 1.29 is 14.6 Å². The number of hydrogen-bond donors (Lipinski definition) is 3. The zero-order valence-corrected chi connectivity index (χ0v) is 9.39. The minimum atomic E-state index is -0.321. The third-order valence-corrected chi connectivity index (χ3v) is 3.44. The molecule has 0 aromatic carbocycles. The Morgan fingerprint density at radius 2 is 2.19 bits per heavy atom. The first kappa shape index (κ1) is 11.8. The topological polar surface area (TPSA) is 84.6 Å². The molecule has 16 heavy (non-hydrogen) atoms. The molecule has 1 aliphatic heterocycles. The standard InChI is InChI=1S/C11H20N2O3/c12-5-9-1-2-10(16-9)11(15)13-6-7-3-8(14)4-7/h7-10,14H,1-6,12H2,(H,13,15). The average Bonchev–Trinajstić information content (AvgIpc) is 2.70. The molecule has 1 aliphatic carbocycles. The highest BCUT2D eigenvalue weighted by Gasteiger charge is 2.31. The smallest absolute Gasteiger partial charge is 0.249 e. The van der Waals surface area contributed by atoms with E-state index in [1.54, 1.807) is 0 Å². The van der Waals surface area contributed by atoms with Gasteiger partial charge in [0.2, 0.25) is 5.91 Å². The summed E-state index contributed by atoms with van der Waals surface area (Å²) in [5, 5.41) is 12.0. The zero-order chi connectivity index (χ0) is 11.5. The molecule has 0 spiro atoms. The molecule has 4 N–H and O–H groups in total. The van der Waals surface area contributed by atoms with Gasteiger partial charge in [-0.1, -0.05) is 0 Å². The van der Waals surface area contributed by atoms with E-state index < -0.39 is 0 Å². The van der Waals surface area contributed by atoms with E-state index in [9.17, 15) is 4.79 Å². The number of aliphatic hydroxyl groups excluding tert-OH is 1. The van der Waals surface area contributed by atoms with E-state index in [0.717, 1.165) is 25.7 Å². The molecule has 5 nitrogen and oxygen atoms in total. The number of rotatable bonds is 4. The minimum Gasteiger partial charge on any atom is -0.393 e. The summed E-state index contributed by atoms with van der Waals surface area (Å²) in [4.78, 5) is 11.7. The number of ether oxygens (including phenoxy) is 1. The summed E-state index contributed by atoms with van der Waals surface area (Å²) in [5.74, 6) is 0.406. The third-order valence-electron chi connectivity index (χ3n) is 3.44. The average molecular weight is 228 g/mol. The Kier molecular flexibility index (Phi) is 3.78. The summed E-state index contributed by atoms with van der Waals surface area (Å²) < 4.78 is 5.49. The largest absolute Gasteiger partial charge is 0.393 e. The van der Waals surface area contributed by atoms with Crippen LogP contribution in [0.5, 0.6) is 0 Å². The normalized spacial score (nSPS) is 38.1. The van der Waals surface area contributed by atoms with Gasteiger partial charge in [0.05, 0.1) is 12.2 Å². The molecule has 2 atom stereocenters. The highest BCUT2D eigenvalue weighted by molar-refractivity contribution is 5.81. The molecule has 1 amide bonds. The molecule has 0 bridgehead atoms. The molecule has 2 rings (SSSR count). The molecule has 0 aromatic heterocycles. The molecule has 5 heteroatoms. The summed E-state index contributed by atoms with van der Waals surface area (Å²) in [6.07, 6.45) is 2.80. The van der Waals surface area contributed by atoms with E-state index in [2.05, 4.69) is 5.32 Å². The van der Waals surface area contributed by atoms with Crippen molar-refractivity contribution in [2.45, 2.75) is 44.0 Å². The van der Waals surface area contributed by atoms with E-state index in [-0.39, 0.29) is 24.2 Å². The first-order valence-corrected chi connectivity index (χ1v) is 6.00. The van der Waals surface area contributed by atoms with Crippen molar-refractivity contribution in [3.8, 4) is 0 Å². The molecule has 0 radical (unpaired) electrons. The Bertz CT molecular complexity index is 254. The van der Waals surface area contributed by atoms with E-state index in [1.165, 1.54) is 0 Å². The Morgan fingerprint density at radius 1 is 1.44 bits per heavy atom. The lowest BCUT2D eigenvalue weighted by atomic mass is 9.82. The predicted molar refractivity (Wildman–Crippen MR) is 58.7 cm³/mol. The van der Waals surface area contributed by atoms with Crippen LogP contribution in [0.4, 0.5) is 0 Å². The first-order valence-electron chi connectivity index (χ1n) is 6.00. The second kappa shape index (κ2) is 5.12. The fraction of sp³-hybridized carbons (Fsp3) is 0.909. The molecule has 1 saturated heterocycles. The molecule has 1 heterocycles. The number of hydrogen-bond acceptors (Lipinski definition) is 4. The minimum absolute atomic E-state index is 0.0302. The number of nitrogens with one attached hydrogen (secondary N) is 1. The van der Waals surface area contributed by atoms with Gasteiger partial charge in [-0.3, -0.25) is 4.79 Å². The lowest BCUT2D eigenvalue weighted by Gasteiger charge is -2.31. The second-order valence-electron chi connectivity index (χ2n) is 4.80. The fourth-order valence-electron chi connectivity index (χ4n) is 2.30. The Hall–Kier alpha value is -0.650. The molecule has 2 aliphatic rings. The number of nitrogens with two attached hydrogens (primary N) is 1. The van der Waals surface area contributed by atoms with Crippen LogP contribution in [-0.4, -0.2) is 42.4 Å². The van der Waals surface area contributed by atoms with Crippen molar-refractivity contribution in [1.29, 1.82) is 0 Å². The molecular weight excluding hydrogens is 208 g/mol. The first-order chi connectivity index (χ1) is 7.69. The van der Waals surface area contributed by atoms with Gasteiger partial charge >= 0.3 is 0 Å². The molecule has 2 unspecified atom stereocenters. The Labute approximate surface area is 95.3 Å². The van der Waals surface area contributed by atoms with Crippen molar-refractivity contribution in [2.24, 2.45) is 11.7 Å². The van der Waals surface area contributed by atoms with Gasteiger partial charge in [0.1, 0.15) is 6.10 Å². The fourth-order valence-corrected chi connectivity index (χ4v) is 2.30. The van der Waals surface area contributed by atoms with Crippen LogP contribution in [-0.2, 0) is 9.53 Å². The van der Waals surface area contributed by atoms with Crippen LogP contribution >= 0.6 is 0 Å². The zero-order valence-electron chi connectivity index (χ0n) is 9.39. The number of amides is 1. The van der Waals surface area contributed by atoms with Gasteiger partial charge in [0, 0.05) is 13.1 Å². The van der Waals surface area contributed by atoms with Crippen LogP contribution < -0.4 is 11.1 Å². The van der Waals surface area contributed by atoms with Crippen LogP contribution in [0.1, 0.15) is 25.7 Å². The van der Waals surface area contributed by atoms with Crippen LogP contribution in [0.2, 0.25) is 0 Å². The maximum atomic E-state index is 11.7. The summed E-state index contributed by atoms with van der Waals surface area (Å²) in [6, 6.07) is 0. The number of carbonyl (C=O) groups is 1. The van der Waals surface area contributed by atoms with Crippen molar-refractivity contribution in [3.63, 3.8) is 0 Å². The summed E-state index contributed by atoms with van der Waals surface area (Å²) >= 11 is 0. The van der Waals surface area contributed by atoms with Crippen molar-refractivity contribution in [2.75, 3.05) is 13.1 Å². The summed E-state index contributed by atoms with van der Waals surface area (Å²) in [5.41, 5.74) is 5.48. The van der Waals surface area contributed by atoms with Gasteiger partial charge in [0.15, 0.2) is 0 Å². The molecule has 2 fully saturated rings. The van der Waals surface area contributed by atoms with E-state index in [0.29, 0.717) is 19.0 Å². The van der Waals surface area contributed by atoms with Gasteiger partial charge in [0.25, 0.3) is 0 Å². The van der Waals surface area contributed by atoms with E-state index in [4.69, 9.17) is 15.6 Å². The van der Waals surface area contributed by atoms with Crippen LogP contribution in [0, 0.1) is 5.92 Å². The van der Waals surface area contributed by atoms with Gasteiger partial charge < -0.3 is 20.9 Å². The maximum Gasteiger partial charge on any atom is 0.249 e. The van der Waals surface area contributed by atoms with Gasteiger partial charge in [-0.05, 0) is 31.6 Å². The molecule has 92 valence electrons. The highest BCUT2D eigenvalue weighted by atomic mass is 16.5. The van der Waals surface area contributed by atoms with Crippen molar-refractivity contribution in [3.05, 3.63) is 0 Å². The van der Waals surface area contributed by atoms with Crippen LogP contribution in [0.25, 0.3) is 0 Å². The van der Waals surface area contributed by atoms with E-state index >= 15 is 0 Å². The quantitative estimate of drug-likeness (QED) is 0.598. The monoisotopic (exact) mass is 228 g/mol. The van der Waals surface area contributed by atoms with Gasteiger partial charge in [-0.15, -0.1) is 0 Å². The van der Waals surface area contributed by atoms with Gasteiger partial charge in [-0.25, -0.2) is 0 Å². The predicted octanol–water partition coefficient (Wildman–Crippen LogP) is -0.620. The van der Waals surface area contributed by atoms with Crippen molar-refractivity contribution >= 4 is 5.91 Å². The summed E-state index contributed by atoms with van der Waals surface area (Å²) in [6.45, 7) is 1.14. The Balaban J connectivity index is 1.64. The SMILES string of the molecule is NCC1CCC(C(=O)NCC2CC(O)C2)O1. The number of carbonyl (C=O) groups excluding carboxylic acids is 1. The molecular formula is C11H20N2O3. The van der Waals surface area contributed by atoms with Crippen molar-refractivity contribution in [1.82, 2.24) is 5.32 Å². The van der Waals surface area contributed by atoms with Crippen LogP contribution in [0.3, 0.4) is 0 Å². The maximum absolute atomic E-state index is 11.7. The summed E-state index contributed by atoms with van der Waals surface area (Å²) in [7, 11) is 0. The van der Waals surface area contributed by atoms with Gasteiger partial charge in [-0.2, -0.15) is 0 Å². The molecule has 1 saturated carbocycles. The lowest BCUT2D eigenvalue weighted by Crippen LogP contribution is -2.42. The third kappa shape index (κ3) is 2.72. The van der Waals surface area contributed by atoms with Crippen LogP contribution in [0.15, 0.2) is 0 Å². The Morgan fingerprint density at radius 3 is 2.75 bits per heavy atom.